The molecule has 16 heavy (non-hydrogen) atoms. The van der Waals surface area contributed by atoms with Crippen LogP contribution in [-0.2, 0) is 9.53 Å². The predicted octanol–water partition coefficient (Wildman–Crippen LogP) is 2.47. The molecule has 0 saturated heterocycles. The van der Waals surface area contributed by atoms with Gasteiger partial charge in [0.15, 0.2) is 5.78 Å². The summed E-state index contributed by atoms with van der Waals surface area (Å²) in [4.78, 5) is 22.1. The Bertz CT molecular complexity index is 427. The summed E-state index contributed by atoms with van der Waals surface area (Å²) in [6, 6.07) is 7.11. The van der Waals surface area contributed by atoms with Crippen LogP contribution < -0.4 is 0 Å². The first-order valence-corrected chi connectivity index (χ1v) is 4.92. The average molecular weight is 218 g/mol. The Morgan fingerprint density at radius 2 is 1.56 bits per heavy atom. The molecule has 0 aliphatic heterocycles. The van der Waals surface area contributed by atoms with E-state index in [0.717, 1.165) is 11.1 Å². The summed E-state index contributed by atoms with van der Waals surface area (Å²) >= 11 is 0. The molecular weight excluding hydrogens is 204 g/mol. The van der Waals surface area contributed by atoms with Gasteiger partial charge in [0.05, 0.1) is 7.11 Å². The van der Waals surface area contributed by atoms with Gasteiger partial charge in [-0.05, 0) is 25.0 Å². The normalized spacial score (nSPS) is 11.1. The van der Waals surface area contributed by atoms with Gasteiger partial charge < -0.3 is 4.74 Å². The second kappa shape index (κ2) is 5.26. The van der Waals surface area contributed by atoms with Crippen LogP contribution in [0.2, 0.25) is 0 Å². The van der Waals surface area contributed by atoms with Crippen molar-refractivity contribution >= 4 is 17.3 Å². The third-order valence-corrected chi connectivity index (χ3v) is 2.28. The topological polar surface area (TPSA) is 43.4 Å². The van der Waals surface area contributed by atoms with Crippen LogP contribution in [0.1, 0.15) is 29.8 Å². The molecule has 0 bridgehead atoms. The van der Waals surface area contributed by atoms with Crippen LogP contribution in [0.5, 0.6) is 0 Å². The van der Waals surface area contributed by atoms with Crippen LogP contribution in [0.25, 0.3) is 5.57 Å². The summed E-state index contributed by atoms with van der Waals surface area (Å²) in [6.45, 7) is 3.34. The second-order valence-electron chi connectivity index (χ2n) is 3.48. The minimum atomic E-state index is -0.381. The summed E-state index contributed by atoms with van der Waals surface area (Å²) in [7, 11) is 1.34. The van der Waals surface area contributed by atoms with Crippen molar-refractivity contribution < 1.29 is 14.3 Å². The molecule has 0 aliphatic carbocycles. The fourth-order valence-corrected chi connectivity index (χ4v) is 1.29. The molecule has 0 radical (unpaired) electrons. The second-order valence-corrected chi connectivity index (χ2v) is 3.48. The smallest absolute Gasteiger partial charge is 0.330 e. The summed E-state index contributed by atoms with van der Waals surface area (Å²) in [5.74, 6) is -0.353. The molecule has 1 rings (SSSR count). The van der Waals surface area contributed by atoms with E-state index >= 15 is 0 Å². The minimum absolute atomic E-state index is 0.0288. The van der Waals surface area contributed by atoms with Gasteiger partial charge in [0.25, 0.3) is 0 Å². The number of allylic oxidation sites excluding steroid dienone is 1. The first kappa shape index (κ1) is 12.2. The molecule has 84 valence electrons. The summed E-state index contributed by atoms with van der Waals surface area (Å²) < 4.78 is 4.53. The zero-order chi connectivity index (χ0) is 12.1. The lowest BCUT2D eigenvalue weighted by atomic mass is 10.0. The maximum atomic E-state index is 11.1. The van der Waals surface area contributed by atoms with Crippen molar-refractivity contribution in [2.75, 3.05) is 7.11 Å². The number of hydrogen-bond donors (Lipinski definition) is 0. The zero-order valence-corrected chi connectivity index (χ0v) is 9.61. The van der Waals surface area contributed by atoms with Gasteiger partial charge in [0.1, 0.15) is 0 Å². The summed E-state index contributed by atoms with van der Waals surface area (Å²) in [5, 5.41) is 0. The van der Waals surface area contributed by atoms with Crippen molar-refractivity contribution in [2.24, 2.45) is 0 Å². The highest BCUT2D eigenvalue weighted by Gasteiger charge is 2.02. The fourth-order valence-electron chi connectivity index (χ4n) is 1.29. The van der Waals surface area contributed by atoms with Crippen LogP contribution in [0, 0.1) is 0 Å². The SMILES string of the molecule is COC(=O)/C=C(\C)c1ccc(C(C)=O)cc1. The van der Waals surface area contributed by atoms with Crippen molar-refractivity contribution in [1.29, 1.82) is 0 Å². The van der Waals surface area contributed by atoms with Gasteiger partial charge in [-0.2, -0.15) is 0 Å². The maximum Gasteiger partial charge on any atom is 0.330 e. The molecule has 0 saturated carbocycles. The van der Waals surface area contributed by atoms with E-state index in [1.54, 1.807) is 12.1 Å². The molecule has 0 aliphatic rings. The fraction of sp³-hybridized carbons (Fsp3) is 0.231. The van der Waals surface area contributed by atoms with E-state index in [4.69, 9.17) is 0 Å². The highest BCUT2D eigenvalue weighted by molar-refractivity contribution is 5.95. The first-order valence-electron chi connectivity index (χ1n) is 4.92. The molecule has 0 N–H and O–H groups in total. The average Bonchev–Trinajstić information content (AvgIpc) is 2.28. The van der Waals surface area contributed by atoms with Crippen LogP contribution in [-0.4, -0.2) is 18.9 Å². The van der Waals surface area contributed by atoms with Crippen molar-refractivity contribution in [1.82, 2.24) is 0 Å². The number of carbonyl (C=O) groups is 2. The van der Waals surface area contributed by atoms with Gasteiger partial charge in [-0.15, -0.1) is 0 Å². The molecule has 0 aromatic heterocycles. The number of esters is 1. The van der Waals surface area contributed by atoms with Crippen molar-refractivity contribution in [2.45, 2.75) is 13.8 Å². The standard InChI is InChI=1S/C13H14O3/c1-9(8-13(15)16-3)11-4-6-12(7-5-11)10(2)14/h4-8H,1-3H3/b9-8+. The van der Waals surface area contributed by atoms with Crippen LogP contribution in [0.4, 0.5) is 0 Å². The summed E-state index contributed by atoms with van der Waals surface area (Å²) in [5.41, 5.74) is 2.37. The molecule has 3 nitrogen and oxygen atoms in total. The third kappa shape index (κ3) is 3.05. The lowest BCUT2D eigenvalue weighted by Crippen LogP contribution is -1.96. The number of carbonyl (C=O) groups excluding carboxylic acids is 2. The molecular formula is C13H14O3. The maximum absolute atomic E-state index is 11.1. The van der Waals surface area contributed by atoms with E-state index in [1.165, 1.54) is 20.1 Å². The number of Topliss-reactive ketones (excluding diaryl/α,β-unsaturated/α-hetero) is 1. The molecule has 0 unspecified atom stereocenters. The van der Waals surface area contributed by atoms with Crippen LogP contribution >= 0.6 is 0 Å². The Labute approximate surface area is 94.7 Å². The van der Waals surface area contributed by atoms with Gasteiger partial charge in [0.2, 0.25) is 0 Å². The molecule has 0 heterocycles. The first-order chi connectivity index (χ1) is 7.54. The van der Waals surface area contributed by atoms with Gasteiger partial charge in [-0.25, -0.2) is 4.79 Å². The molecule has 0 fully saturated rings. The van der Waals surface area contributed by atoms with E-state index in [2.05, 4.69) is 4.74 Å². The van der Waals surface area contributed by atoms with E-state index in [0.29, 0.717) is 5.56 Å². The number of hydrogen-bond acceptors (Lipinski definition) is 3. The number of benzene rings is 1. The van der Waals surface area contributed by atoms with Crippen molar-refractivity contribution in [3.63, 3.8) is 0 Å². The molecule has 0 amide bonds. The number of ketones is 1. The van der Waals surface area contributed by atoms with E-state index in [9.17, 15) is 9.59 Å². The lowest BCUT2D eigenvalue weighted by Gasteiger charge is -2.02. The number of methoxy groups -OCH3 is 1. The van der Waals surface area contributed by atoms with Crippen molar-refractivity contribution in [3.05, 3.63) is 41.5 Å². The Morgan fingerprint density at radius 1 is 1.06 bits per heavy atom. The molecule has 1 aromatic carbocycles. The summed E-state index contributed by atoms with van der Waals surface area (Å²) in [6.07, 6.45) is 1.42. The van der Waals surface area contributed by atoms with E-state index in [-0.39, 0.29) is 11.8 Å². The third-order valence-electron chi connectivity index (χ3n) is 2.28. The van der Waals surface area contributed by atoms with Crippen LogP contribution in [0.3, 0.4) is 0 Å². The van der Waals surface area contributed by atoms with Gasteiger partial charge in [-0.1, -0.05) is 24.3 Å². The number of ether oxygens (including phenoxy) is 1. The van der Waals surface area contributed by atoms with Crippen LogP contribution in [0.15, 0.2) is 30.3 Å². The Balaban J connectivity index is 2.94. The largest absolute Gasteiger partial charge is 0.466 e. The highest BCUT2D eigenvalue weighted by Crippen LogP contribution is 2.14. The molecule has 0 atom stereocenters. The van der Waals surface area contributed by atoms with E-state index in [1.807, 2.05) is 19.1 Å². The lowest BCUT2D eigenvalue weighted by molar-refractivity contribution is -0.134. The van der Waals surface area contributed by atoms with Gasteiger partial charge >= 0.3 is 5.97 Å². The Hall–Kier alpha value is -1.90. The number of rotatable bonds is 3. The molecule has 1 aromatic rings. The van der Waals surface area contributed by atoms with Gasteiger partial charge in [-0.3, -0.25) is 4.79 Å². The molecule has 3 heteroatoms. The Kier molecular flexibility index (Phi) is 4.00. The Morgan fingerprint density at radius 3 is 2.00 bits per heavy atom. The van der Waals surface area contributed by atoms with E-state index < -0.39 is 0 Å². The zero-order valence-electron chi connectivity index (χ0n) is 9.61. The molecule has 0 spiro atoms. The van der Waals surface area contributed by atoms with Crippen molar-refractivity contribution in [3.8, 4) is 0 Å². The van der Waals surface area contributed by atoms with Gasteiger partial charge in [0, 0.05) is 11.6 Å². The minimum Gasteiger partial charge on any atom is -0.466 e. The highest BCUT2D eigenvalue weighted by atomic mass is 16.5. The predicted molar refractivity (Wildman–Crippen MR) is 62.1 cm³/mol. The quantitative estimate of drug-likeness (QED) is 0.444. The monoisotopic (exact) mass is 218 g/mol.